The van der Waals surface area contributed by atoms with E-state index in [1.165, 1.54) is 18.0 Å². The van der Waals surface area contributed by atoms with Crippen LogP contribution in [0.2, 0.25) is 0 Å². The quantitative estimate of drug-likeness (QED) is 0.310. The van der Waals surface area contributed by atoms with E-state index in [2.05, 4.69) is 22.0 Å². The summed E-state index contributed by atoms with van der Waals surface area (Å²) in [5.74, 6) is 0.515. The van der Waals surface area contributed by atoms with Crippen LogP contribution in [0.3, 0.4) is 0 Å². The van der Waals surface area contributed by atoms with Gasteiger partial charge in [-0.15, -0.1) is 0 Å². The van der Waals surface area contributed by atoms with Crippen LogP contribution in [0.4, 0.5) is 11.4 Å². The molecule has 1 unspecified atom stereocenters. The van der Waals surface area contributed by atoms with Gasteiger partial charge in [0, 0.05) is 17.1 Å². The van der Waals surface area contributed by atoms with Crippen molar-refractivity contribution < 1.29 is 23.5 Å². The van der Waals surface area contributed by atoms with Crippen LogP contribution >= 0.6 is 11.8 Å². The number of methoxy groups -OCH3 is 1. The van der Waals surface area contributed by atoms with E-state index in [9.17, 15) is 14.9 Å². The van der Waals surface area contributed by atoms with Gasteiger partial charge in [0.05, 0.1) is 53.9 Å². The number of furan rings is 1. The van der Waals surface area contributed by atoms with Crippen molar-refractivity contribution in [2.45, 2.75) is 19.8 Å². The first-order valence-corrected chi connectivity index (χ1v) is 13.2. The average Bonchev–Trinajstić information content (AvgIpc) is 3.48. The number of amides is 2. The van der Waals surface area contributed by atoms with E-state index in [0.29, 0.717) is 45.8 Å². The number of carbonyl (C=O) groups excluding carboxylic acids is 2. The summed E-state index contributed by atoms with van der Waals surface area (Å²) in [6.45, 7) is 4.22. The zero-order chi connectivity index (χ0) is 27.8. The highest BCUT2D eigenvalue weighted by molar-refractivity contribution is 8.03. The molecule has 2 heterocycles. The third-order valence-corrected chi connectivity index (χ3v) is 6.88. The average molecular weight is 545 g/mol. The summed E-state index contributed by atoms with van der Waals surface area (Å²) in [4.78, 5) is 26.1. The van der Waals surface area contributed by atoms with Crippen LogP contribution in [-0.4, -0.2) is 31.3 Å². The monoisotopic (exact) mass is 544 g/mol. The Morgan fingerprint density at radius 1 is 1.05 bits per heavy atom. The molecule has 4 rings (SSSR count). The zero-order valence-electron chi connectivity index (χ0n) is 21.7. The van der Waals surface area contributed by atoms with E-state index in [0.717, 1.165) is 5.75 Å². The van der Waals surface area contributed by atoms with E-state index in [1.807, 2.05) is 6.92 Å². The number of dihydropyridines is 1. The van der Waals surface area contributed by atoms with Gasteiger partial charge in [-0.25, -0.2) is 0 Å². The van der Waals surface area contributed by atoms with Crippen LogP contribution < -0.4 is 25.4 Å². The van der Waals surface area contributed by atoms with E-state index in [1.54, 1.807) is 74.7 Å². The van der Waals surface area contributed by atoms with Gasteiger partial charge in [-0.3, -0.25) is 9.59 Å². The lowest BCUT2D eigenvalue weighted by Gasteiger charge is -2.28. The van der Waals surface area contributed by atoms with Gasteiger partial charge in [0.1, 0.15) is 17.3 Å². The number of hydrogen-bond donors (Lipinski definition) is 3. The summed E-state index contributed by atoms with van der Waals surface area (Å²) in [5, 5.41) is 19.5. The molecule has 1 atom stereocenters. The molecule has 9 nitrogen and oxygen atoms in total. The molecule has 10 heteroatoms. The van der Waals surface area contributed by atoms with Gasteiger partial charge < -0.3 is 29.8 Å². The Bertz CT molecular complexity index is 1420. The first-order valence-electron chi connectivity index (χ1n) is 12.2. The molecule has 3 N–H and O–H groups in total. The van der Waals surface area contributed by atoms with Crippen molar-refractivity contribution in [1.29, 1.82) is 5.26 Å². The fourth-order valence-electron chi connectivity index (χ4n) is 4.08. The fraction of sp³-hybridized carbons (Fsp3) is 0.207. The molecule has 0 radical (unpaired) electrons. The highest BCUT2D eigenvalue weighted by Crippen LogP contribution is 2.41. The van der Waals surface area contributed by atoms with Crippen LogP contribution in [0.5, 0.6) is 11.5 Å². The number of nitrogens with zero attached hydrogens (tertiary/aromatic N) is 1. The van der Waals surface area contributed by atoms with Gasteiger partial charge in [-0.1, -0.05) is 11.8 Å². The summed E-state index contributed by atoms with van der Waals surface area (Å²) >= 11 is 1.18. The van der Waals surface area contributed by atoms with Crippen molar-refractivity contribution in [3.63, 3.8) is 0 Å². The highest BCUT2D eigenvalue weighted by atomic mass is 32.2. The molecular formula is C29H28N4O5S. The molecule has 1 aromatic heterocycles. The van der Waals surface area contributed by atoms with E-state index in [-0.39, 0.29) is 23.1 Å². The molecule has 0 saturated heterocycles. The number of nitrogens with one attached hydrogen (secondary N) is 3. The molecule has 2 amide bonds. The summed E-state index contributed by atoms with van der Waals surface area (Å²) in [6, 6.07) is 19.7. The molecule has 0 aliphatic carbocycles. The molecule has 1 aliphatic heterocycles. The smallest absolute Gasteiger partial charge is 0.254 e. The second-order valence-electron chi connectivity index (χ2n) is 8.44. The standard InChI is InChI=1S/C29H28N4O5S/c1-4-37-22-13-9-19(10-14-22)32-25(34)17-39-29-23(16-30)27(24-6-5-15-38-24)26(18(2)31-29)28(35)33-20-7-11-21(36-3)12-8-20/h5-15,27,31H,4,17H2,1-3H3,(H,32,34)(H,33,35). The van der Waals surface area contributed by atoms with Gasteiger partial charge in [-0.2, -0.15) is 5.26 Å². The van der Waals surface area contributed by atoms with Crippen molar-refractivity contribution in [3.8, 4) is 17.6 Å². The lowest BCUT2D eigenvalue weighted by atomic mass is 9.85. The zero-order valence-corrected chi connectivity index (χ0v) is 22.6. The third-order valence-electron chi connectivity index (χ3n) is 5.86. The Morgan fingerprint density at radius 2 is 1.72 bits per heavy atom. The number of benzene rings is 2. The third kappa shape index (κ3) is 6.64. The van der Waals surface area contributed by atoms with E-state index >= 15 is 0 Å². The topological polar surface area (TPSA) is 126 Å². The Hall–Kier alpha value is -4.62. The largest absolute Gasteiger partial charge is 0.497 e. The number of anilines is 2. The van der Waals surface area contributed by atoms with Crippen LogP contribution in [0.15, 0.2) is 93.2 Å². The number of ether oxygens (including phenoxy) is 2. The van der Waals surface area contributed by atoms with Gasteiger partial charge in [0.2, 0.25) is 5.91 Å². The van der Waals surface area contributed by atoms with Crippen molar-refractivity contribution in [2.75, 3.05) is 30.1 Å². The van der Waals surface area contributed by atoms with Crippen LogP contribution in [0.1, 0.15) is 25.5 Å². The Morgan fingerprint density at radius 3 is 2.31 bits per heavy atom. The first kappa shape index (κ1) is 27.4. The molecule has 200 valence electrons. The van der Waals surface area contributed by atoms with E-state index in [4.69, 9.17) is 13.9 Å². The maximum atomic E-state index is 13.4. The summed E-state index contributed by atoms with van der Waals surface area (Å²) in [6.07, 6.45) is 1.50. The molecule has 2 aromatic carbocycles. The molecule has 1 aliphatic rings. The maximum Gasteiger partial charge on any atom is 0.254 e. The lowest BCUT2D eigenvalue weighted by molar-refractivity contribution is -0.114. The second-order valence-corrected chi connectivity index (χ2v) is 9.43. The van der Waals surface area contributed by atoms with Crippen molar-refractivity contribution in [2.24, 2.45) is 0 Å². The normalized spacial score (nSPS) is 14.8. The first-order chi connectivity index (χ1) is 18.9. The predicted molar refractivity (Wildman–Crippen MR) is 150 cm³/mol. The number of hydrogen-bond acceptors (Lipinski definition) is 8. The summed E-state index contributed by atoms with van der Waals surface area (Å²) < 4.78 is 16.3. The lowest BCUT2D eigenvalue weighted by Crippen LogP contribution is -2.31. The molecule has 39 heavy (non-hydrogen) atoms. The van der Waals surface area contributed by atoms with Gasteiger partial charge >= 0.3 is 0 Å². The molecule has 0 saturated carbocycles. The molecular weight excluding hydrogens is 516 g/mol. The van der Waals surface area contributed by atoms with Crippen molar-refractivity contribution >= 4 is 35.0 Å². The van der Waals surface area contributed by atoms with Crippen LogP contribution in [0.25, 0.3) is 0 Å². The fourth-order valence-corrected chi connectivity index (χ4v) is 4.97. The molecule has 0 bridgehead atoms. The maximum absolute atomic E-state index is 13.4. The van der Waals surface area contributed by atoms with Crippen molar-refractivity contribution in [3.05, 3.63) is 94.6 Å². The molecule has 0 spiro atoms. The van der Waals surface area contributed by atoms with Crippen LogP contribution in [-0.2, 0) is 9.59 Å². The van der Waals surface area contributed by atoms with Gasteiger partial charge in [0.15, 0.2) is 0 Å². The minimum Gasteiger partial charge on any atom is -0.497 e. The van der Waals surface area contributed by atoms with Gasteiger partial charge in [0.25, 0.3) is 5.91 Å². The molecule has 0 fully saturated rings. The summed E-state index contributed by atoms with van der Waals surface area (Å²) in [5.41, 5.74) is 2.40. The van der Waals surface area contributed by atoms with Crippen molar-refractivity contribution in [1.82, 2.24) is 5.32 Å². The summed E-state index contributed by atoms with van der Waals surface area (Å²) in [7, 11) is 1.57. The van der Waals surface area contributed by atoms with E-state index < -0.39 is 5.92 Å². The number of nitriles is 1. The minimum absolute atomic E-state index is 0.0479. The highest BCUT2D eigenvalue weighted by Gasteiger charge is 2.36. The number of carbonyl (C=O) groups is 2. The second kappa shape index (κ2) is 12.8. The predicted octanol–water partition coefficient (Wildman–Crippen LogP) is 5.39. The number of allylic oxidation sites excluding steroid dienone is 2. The number of thioether (sulfide) groups is 1. The Labute approximate surface area is 230 Å². The number of rotatable bonds is 10. The van der Waals surface area contributed by atoms with Crippen LogP contribution in [0, 0.1) is 11.3 Å². The van der Waals surface area contributed by atoms with Gasteiger partial charge in [-0.05, 0) is 74.5 Å². The Kier molecular flexibility index (Phi) is 8.97. The Balaban J connectivity index is 1.52. The SMILES string of the molecule is CCOc1ccc(NC(=O)CSC2=C(C#N)C(c3ccco3)C(C(=O)Nc3ccc(OC)cc3)=C(C)N2)cc1. The minimum atomic E-state index is -0.749. The molecule has 3 aromatic rings.